The van der Waals surface area contributed by atoms with Gasteiger partial charge in [0.15, 0.2) is 5.82 Å². The molecule has 8 heteroatoms. The van der Waals surface area contributed by atoms with Crippen LogP contribution in [0.1, 0.15) is 55.1 Å². The molecule has 0 bridgehead atoms. The van der Waals surface area contributed by atoms with Crippen LogP contribution in [0, 0.1) is 0 Å². The molecule has 8 nitrogen and oxygen atoms in total. The molecule has 0 aromatic carbocycles. The van der Waals surface area contributed by atoms with E-state index < -0.39 is 0 Å². The number of rotatable bonds is 4. The van der Waals surface area contributed by atoms with Gasteiger partial charge in [-0.25, -0.2) is 4.68 Å². The van der Waals surface area contributed by atoms with Gasteiger partial charge in [-0.1, -0.05) is 0 Å². The van der Waals surface area contributed by atoms with E-state index in [1.165, 1.54) is 31.5 Å². The molecule has 0 saturated heterocycles. The second-order valence-corrected chi connectivity index (χ2v) is 6.38. The van der Waals surface area contributed by atoms with Crippen molar-refractivity contribution in [2.45, 2.75) is 57.3 Å². The lowest BCUT2D eigenvalue weighted by atomic mass is 10.3. The smallest absolute Gasteiger partial charge is 0.165 e. The molecule has 0 unspecified atom stereocenters. The van der Waals surface area contributed by atoms with E-state index in [-0.39, 0.29) is 0 Å². The standard InChI is InChI=1S/C13H18N8/c1-2-9(1)13-16-14-11-7-19(5-6-20(11)13)8-12-15-17-18-21(12)10-3-4-10/h9-10H,1-8H2. The first-order chi connectivity index (χ1) is 10.4. The summed E-state index contributed by atoms with van der Waals surface area (Å²) in [6, 6.07) is 0.532. The molecule has 110 valence electrons. The largest absolute Gasteiger partial charge is 0.312 e. The summed E-state index contributed by atoms with van der Waals surface area (Å²) in [7, 11) is 0. The van der Waals surface area contributed by atoms with Crippen molar-refractivity contribution in [3.8, 4) is 0 Å². The zero-order valence-corrected chi connectivity index (χ0v) is 11.9. The fourth-order valence-corrected chi connectivity index (χ4v) is 3.13. The Bertz CT molecular complexity index is 666. The molecule has 2 aromatic heterocycles. The molecule has 3 aliphatic rings. The molecule has 2 aromatic rings. The third-order valence-electron chi connectivity index (χ3n) is 4.62. The van der Waals surface area contributed by atoms with Gasteiger partial charge < -0.3 is 4.57 Å². The van der Waals surface area contributed by atoms with Gasteiger partial charge in [0.25, 0.3) is 0 Å². The van der Waals surface area contributed by atoms with Crippen molar-refractivity contribution in [2.24, 2.45) is 0 Å². The second-order valence-electron chi connectivity index (χ2n) is 6.38. The lowest BCUT2D eigenvalue weighted by Gasteiger charge is -2.27. The van der Waals surface area contributed by atoms with Crippen molar-refractivity contribution in [2.75, 3.05) is 6.54 Å². The first kappa shape index (κ1) is 11.8. The fraction of sp³-hybridized carbons (Fsp3) is 0.769. The molecule has 0 atom stereocenters. The summed E-state index contributed by atoms with van der Waals surface area (Å²) in [6.07, 6.45) is 4.96. The average Bonchev–Trinajstić information content (AvgIpc) is 3.43. The number of fused-ring (bicyclic) bond motifs is 1. The van der Waals surface area contributed by atoms with E-state index >= 15 is 0 Å². The first-order valence-electron chi connectivity index (χ1n) is 7.79. The quantitative estimate of drug-likeness (QED) is 0.814. The van der Waals surface area contributed by atoms with E-state index in [0.717, 1.165) is 37.8 Å². The summed E-state index contributed by atoms with van der Waals surface area (Å²) in [5, 5.41) is 20.9. The van der Waals surface area contributed by atoms with Crippen LogP contribution in [0.4, 0.5) is 0 Å². The van der Waals surface area contributed by atoms with Gasteiger partial charge in [-0.3, -0.25) is 4.90 Å². The van der Waals surface area contributed by atoms with Crippen LogP contribution in [0.25, 0.3) is 0 Å². The Morgan fingerprint density at radius 3 is 2.71 bits per heavy atom. The Kier molecular flexibility index (Phi) is 2.43. The summed E-state index contributed by atoms with van der Waals surface area (Å²) in [5.41, 5.74) is 0. The number of aromatic nitrogens is 7. The zero-order chi connectivity index (χ0) is 13.8. The first-order valence-corrected chi connectivity index (χ1v) is 7.79. The molecule has 2 fully saturated rings. The molecule has 1 aliphatic heterocycles. The third-order valence-corrected chi connectivity index (χ3v) is 4.62. The molecular weight excluding hydrogens is 268 g/mol. The fourth-order valence-electron chi connectivity index (χ4n) is 3.13. The minimum Gasteiger partial charge on any atom is -0.312 e. The summed E-state index contributed by atoms with van der Waals surface area (Å²) >= 11 is 0. The van der Waals surface area contributed by atoms with E-state index in [1.54, 1.807) is 0 Å². The Labute approximate surface area is 122 Å². The number of tetrazole rings is 1. The van der Waals surface area contributed by atoms with Gasteiger partial charge in [-0.05, 0) is 36.1 Å². The summed E-state index contributed by atoms with van der Waals surface area (Å²) in [5.74, 6) is 3.94. The highest BCUT2D eigenvalue weighted by atomic mass is 15.6. The molecule has 3 heterocycles. The Morgan fingerprint density at radius 2 is 1.90 bits per heavy atom. The molecule has 21 heavy (non-hydrogen) atoms. The lowest BCUT2D eigenvalue weighted by Crippen LogP contribution is -2.34. The van der Waals surface area contributed by atoms with Crippen LogP contribution < -0.4 is 0 Å². The van der Waals surface area contributed by atoms with Gasteiger partial charge in [0.2, 0.25) is 0 Å². The monoisotopic (exact) mass is 286 g/mol. The van der Waals surface area contributed by atoms with Gasteiger partial charge in [0, 0.05) is 19.0 Å². The Hall–Kier alpha value is -1.83. The molecule has 2 saturated carbocycles. The van der Waals surface area contributed by atoms with Gasteiger partial charge in [0.1, 0.15) is 11.6 Å². The van der Waals surface area contributed by atoms with E-state index in [2.05, 4.69) is 35.2 Å². The minimum atomic E-state index is 0.532. The Balaban J connectivity index is 1.33. The van der Waals surface area contributed by atoms with Crippen LogP contribution in [-0.4, -0.2) is 46.4 Å². The molecule has 0 N–H and O–H groups in total. The van der Waals surface area contributed by atoms with Gasteiger partial charge in [0.05, 0.1) is 19.1 Å². The summed E-state index contributed by atoms with van der Waals surface area (Å²) < 4.78 is 4.31. The van der Waals surface area contributed by atoms with Crippen LogP contribution in [0.3, 0.4) is 0 Å². The number of hydrogen-bond donors (Lipinski definition) is 0. The van der Waals surface area contributed by atoms with Crippen molar-refractivity contribution in [3.05, 3.63) is 17.5 Å². The highest BCUT2D eigenvalue weighted by Gasteiger charge is 2.33. The Morgan fingerprint density at radius 1 is 1.00 bits per heavy atom. The molecule has 0 spiro atoms. The molecule has 0 radical (unpaired) electrons. The molecule has 0 amide bonds. The number of nitrogens with zero attached hydrogens (tertiary/aromatic N) is 8. The van der Waals surface area contributed by atoms with Crippen molar-refractivity contribution in [1.29, 1.82) is 0 Å². The molecular formula is C13H18N8. The van der Waals surface area contributed by atoms with Crippen molar-refractivity contribution < 1.29 is 0 Å². The maximum atomic E-state index is 4.39. The average molecular weight is 286 g/mol. The molecule has 2 aliphatic carbocycles. The lowest BCUT2D eigenvalue weighted by molar-refractivity contribution is 0.199. The maximum absolute atomic E-state index is 4.39. The zero-order valence-electron chi connectivity index (χ0n) is 11.9. The van der Waals surface area contributed by atoms with E-state index in [1.807, 2.05) is 4.68 Å². The highest BCUT2D eigenvalue weighted by Crippen LogP contribution is 2.39. The van der Waals surface area contributed by atoms with E-state index in [4.69, 9.17) is 0 Å². The van der Waals surface area contributed by atoms with Crippen molar-refractivity contribution in [1.82, 2.24) is 39.9 Å². The third kappa shape index (κ3) is 2.05. The van der Waals surface area contributed by atoms with Crippen LogP contribution in [0.2, 0.25) is 0 Å². The van der Waals surface area contributed by atoms with Gasteiger partial charge in [-0.15, -0.1) is 15.3 Å². The van der Waals surface area contributed by atoms with E-state index in [0.29, 0.717) is 12.0 Å². The highest BCUT2D eigenvalue weighted by molar-refractivity contribution is 5.10. The predicted octanol–water partition coefficient (Wildman–Crippen LogP) is 0.493. The second kappa shape index (κ2) is 4.33. The van der Waals surface area contributed by atoms with Crippen molar-refractivity contribution >= 4 is 0 Å². The van der Waals surface area contributed by atoms with Crippen LogP contribution in [0.15, 0.2) is 0 Å². The topological polar surface area (TPSA) is 77.6 Å². The normalized spacial score (nSPS) is 22.5. The van der Waals surface area contributed by atoms with Gasteiger partial charge in [-0.2, -0.15) is 0 Å². The van der Waals surface area contributed by atoms with Crippen LogP contribution in [-0.2, 0) is 19.6 Å². The summed E-state index contributed by atoms with van der Waals surface area (Å²) in [4.78, 5) is 2.37. The van der Waals surface area contributed by atoms with E-state index in [9.17, 15) is 0 Å². The van der Waals surface area contributed by atoms with Crippen LogP contribution in [0.5, 0.6) is 0 Å². The SMILES string of the molecule is C1CC1c1nnc2n1CCN(Cc1nnnn1C1CC1)C2. The molecule has 5 rings (SSSR count). The van der Waals surface area contributed by atoms with Crippen LogP contribution >= 0.6 is 0 Å². The van der Waals surface area contributed by atoms with Gasteiger partial charge >= 0.3 is 0 Å². The van der Waals surface area contributed by atoms with Crippen molar-refractivity contribution in [3.63, 3.8) is 0 Å². The summed E-state index contributed by atoms with van der Waals surface area (Å²) in [6.45, 7) is 3.65. The minimum absolute atomic E-state index is 0.532. The maximum Gasteiger partial charge on any atom is 0.165 e. The predicted molar refractivity (Wildman–Crippen MR) is 72.2 cm³/mol. The number of hydrogen-bond acceptors (Lipinski definition) is 6.